The van der Waals surface area contributed by atoms with Gasteiger partial charge in [0.2, 0.25) is 0 Å². The Hall–Kier alpha value is -2.03. The highest BCUT2D eigenvalue weighted by Crippen LogP contribution is 2.19. The molecule has 0 atom stereocenters. The molecule has 0 aromatic heterocycles. The van der Waals surface area contributed by atoms with E-state index in [-0.39, 0.29) is 5.78 Å². The lowest BCUT2D eigenvalue weighted by atomic mass is 9.87. The maximum Gasteiger partial charge on any atom is 0.193 e. The lowest BCUT2D eigenvalue weighted by Crippen LogP contribution is -2.12. The molecule has 2 rings (SSSR count). The molecule has 3 heteroatoms. The van der Waals surface area contributed by atoms with E-state index >= 15 is 0 Å². The van der Waals surface area contributed by atoms with E-state index in [9.17, 15) is 4.79 Å². The largest absolute Gasteiger partial charge is 0.497 e. The van der Waals surface area contributed by atoms with Crippen LogP contribution in [-0.4, -0.2) is 20.7 Å². The zero-order valence-corrected chi connectivity index (χ0v) is 11.8. The number of hydrogen-bond acceptors (Lipinski definition) is 2. The molecule has 2 aromatic rings. The third kappa shape index (κ3) is 2.70. The van der Waals surface area contributed by atoms with E-state index in [0.717, 1.165) is 22.4 Å². The van der Waals surface area contributed by atoms with E-state index in [0.29, 0.717) is 5.56 Å². The molecule has 0 aliphatic rings. The van der Waals surface area contributed by atoms with Crippen LogP contribution >= 0.6 is 0 Å². The van der Waals surface area contributed by atoms with E-state index < -0.39 is 0 Å². The smallest absolute Gasteiger partial charge is 0.193 e. The number of hydrogen-bond donors (Lipinski definition) is 0. The Morgan fingerprint density at radius 3 is 2.05 bits per heavy atom. The summed E-state index contributed by atoms with van der Waals surface area (Å²) in [6, 6.07) is 11.3. The van der Waals surface area contributed by atoms with Crippen molar-refractivity contribution in [1.82, 2.24) is 0 Å². The van der Waals surface area contributed by atoms with E-state index in [1.165, 1.54) is 5.46 Å². The van der Waals surface area contributed by atoms with Crippen molar-refractivity contribution in [3.63, 3.8) is 0 Å². The normalized spacial score (nSPS) is 10.3. The Morgan fingerprint density at radius 1 is 1.05 bits per heavy atom. The molecular formula is C16H17BO2. The fourth-order valence-electron chi connectivity index (χ4n) is 2.42. The van der Waals surface area contributed by atoms with Crippen LogP contribution in [0.2, 0.25) is 0 Å². The van der Waals surface area contributed by atoms with Crippen LogP contribution < -0.4 is 10.2 Å². The molecule has 0 saturated heterocycles. The molecule has 0 fully saturated rings. The molecule has 2 nitrogen and oxygen atoms in total. The second kappa shape index (κ2) is 5.31. The van der Waals surface area contributed by atoms with Gasteiger partial charge in [-0.25, -0.2) is 0 Å². The van der Waals surface area contributed by atoms with Gasteiger partial charge in [-0.15, -0.1) is 0 Å². The van der Waals surface area contributed by atoms with Crippen molar-refractivity contribution in [2.24, 2.45) is 0 Å². The van der Waals surface area contributed by atoms with Gasteiger partial charge < -0.3 is 4.74 Å². The number of carbonyl (C=O) groups is 1. The zero-order valence-electron chi connectivity index (χ0n) is 11.8. The number of aryl methyl sites for hydroxylation is 2. The Bertz CT molecular complexity index is 592. The maximum atomic E-state index is 12.6. The summed E-state index contributed by atoms with van der Waals surface area (Å²) in [5.41, 5.74) is 4.73. The first-order valence-electron chi connectivity index (χ1n) is 6.29. The average molecular weight is 252 g/mol. The Morgan fingerprint density at radius 2 is 1.58 bits per heavy atom. The van der Waals surface area contributed by atoms with Gasteiger partial charge in [0.1, 0.15) is 13.6 Å². The van der Waals surface area contributed by atoms with Crippen LogP contribution in [0.3, 0.4) is 0 Å². The van der Waals surface area contributed by atoms with Crippen molar-refractivity contribution in [3.8, 4) is 5.75 Å². The molecule has 0 aliphatic carbocycles. The van der Waals surface area contributed by atoms with Crippen LogP contribution in [0.1, 0.15) is 27.0 Å². The molecule has 0 N–H and O–H groups in total. The number of ether oxygens (including phenoxy) is 1. The van der Waals surface area contributed by atoms with Gasteiger partial charge in [-0.3, -0.25) is 4.79 Å². The highest BCUT2D eigenvalue weighted by molar-refractivity contribution is 6.32. The first kappa shape index (κ1) is 13.4. The van der Waals surface area contributed by atoms with E-state index in [4.69, 9.17) is 4.74 Å². The summed E-state index contributed by atoms with van der Waals surface area (Å²) in [5.74, 6) is 0.826. The maximum absolute atomic E-state index is 12.6. The zero-order chi connectivity index (χ0) is 14.0. The molecular weight excluding hydrogens is 235 g/mol. The number of carbonyl (C=O) groups excluding carboxylic acids is 1. The van der Waals surface area contributed by atoms with Crippen LogP contribution in [0.15, 0.2) is 36.4 Å². The highest BCUT2D eigenvalue weighted by Gasteiger charge is 2.14. The predicted octanol–water partition coefficient (Wildman–Crippen LogP) is 1.80. The molecule has 0 bridgehead atoms. The third-order valence-corrected chi connectivity index (χ3v) is 3.26. The highest BCUT2D eigenvalue weighted by atomic mass is 16.5. The molecule has 0 radical (unpaired) electrons. The van der Waals surface area contributed by atoms with Crippen LogP contribution in [0.4, 0.5) is 0 Å². The van der Waals surface area contributed by atoms with Gasteiger partial charge in [-0.2, -0.15) is 0 Å². The number of methoxy groups -OCH3 is 1. The Kier molecular flexibility index (Phi) is 3.75. The fraction of sp³-hybridized carbons (Fsp3) is 0.188. The first-order valence-corrected chi connectivity index (χ1v) is 6.29. The fourth-order valence-corrected chi connectivity index (χ4v) is 2.42. The van der Waals surface area contributed by atoms with Crippen molar-refractivity contribution in [1.29, 1.82) is 0 Å². The summed E-state index contributed by atoms with van der Waals surface area (Å²) >= 11 is 0. The van der Waals surface area contributed by atoms with Crippen LogP contribution in [0.5, 0.6) is 5.75 Å². The number of ketones is 1. The van der Waals surface area contributed by atoms with Gasteiger partial charge in [-0.05, 0) is 49.2 Å². The Labute approximate surface area is 114 Å². The summed E-state index contributed by atoms with van der Waals surface area (Å²) in [7, 11) is 3.66. The standard InChI is InChI=1S/C16H17BO2/c1-10-8-13(17)9-11(2)15(10)16(18)12-4-6-14(19-3)7-5-12/h4-9H,17H2,1-3H3. The minimum absolute atomic E-state index is 0.0673. The lowest BCUT2D eigenvalue weighted by molar-refractivity contribution is 0.103. The van der Waals surface area contributed by atoms with Crippen molar-refractivity contribution in [2.75, 3.05) is 7.11 Å². The van der Waals surface area contributed by atoms with Crippen molar-refractivity contribution >= 4 is 19.1 Å². The summed E-state index contributed by atoms with van der Waals surface area (Å²) in [4.78, 5) is 12.6. The second-order valence-electron chi connectivity index (χ2n) is 4.83. The van der Waals surface area contributed by atoms with Crippen molar-refractivity contribution < 1.29 is 9.53 Å². The van der Waals surface area contributed by atoms with E-state index in [2.05, 4.69) is 0 Å². The molecule has 0 saturated carbocycles. The van der Waals surface area contributed by atoms with Crippen LogP contribution in [0.25, 0.3) is 0 Å². The van der Waals surface area contributed by atoms with Gasteiger partial charge in [0, 0.05) is 11.1 Å². The minimum atomic E-state index is 0.0673. The summed E-state index contributed by atoms with van der Waals surface area (Å²) in [6.45, 7) is 3.97. The predicted molar refractivity (Wildman–Crippen MR) is 80.5 cm³/mol. The summed E-state index contributed by atoms with van der Waals surface area (Å²) in [5, 5.41) is 0. The number of benzene rings is 2. The van der Waals surface area contributed by atoms with Gasteiger partial charge in [0.05, 0.1) is 7.11 Å². The van der Waals surface area contributed by atoms with Gasteiger partial charge in [0.25, 0.3) is 0 Å². The molecule has 19 heavy (non-hydrogen) atoms. The first-order chi connectivity index (χ1) is 9.02. The summed E-state index contributed by atoms with van der Waals surface area (Å²) in [6.07, 6.45) is 0. The monoisotopic (exact) mass is 252 g/mol. The van der Waals surface area contributed by atoms with Gasteiger partial charge >= 0.3 is 0 Å². The molecule has 0 heterocycles. The average Bonchev–Trinajstić information content (AvgIpc) is 2.37. The minimum Gasteiger partial charge on any atom is -0.497 e. The van der Waals surface area contributed by atoms with Crippen LogP contribution in [-0.2, 0) is 0 Å². The summed E-state index contributed by atoms with van der Waals surface area (Å²) < 4.78 is 5.11. The number of rotatable bonds is 3. The quantitative estimate of drug-likeness (QED) is 0.615. The third-order valence-electron chi connectivity index (χ3n) is 3.26. The molecule has 0 aliphatic heterocycles. The van der Waals surface area contributed by atoms with Crippen molar-refractivity contribution in [2.45, 2.75) is 13.8 Å². The van der Waals surface area contributed by atoms with E-state index in [1.807, 2.05) is 46.0 Å². The second-order valence-corrected chi connectivity index (χ2v) is 4.83. The van der Waals surface area contributed by atoms with Crippen molar-refractivity contribution in [3.05, 3.63) is 58.7 Å². The Balaban J connectivity index is 2.44. The molecule has 0 spiro atoms. The lowest BCUT2D eigenvalue weighted by Gasteiger charge is -2.11. The SMILES string of the molecule is Bc1cc(C)c(C(=O)c2ccc(OC)cc2)c(C)c1. The van der Waals surface area contributed by atoms with E-state index in [1.54, 1.807) is 19.2 Å². The van der Waals surface area contributed by atoms with Crippen LogP contribution in [0, 0.1) is 13.8 Å². The van der Waals surface area contributed by atoms with Gasteiger partial charge in [-0.1, -0.05) is 17.6 Å². The van der Waals surface area contributed by atoms with Gasteiger partial charge in [0.15, 0.2) is 5.78 Å². The molecule has 0 amide bonds. The molecule has 0 unspecified atom stereocenters. The topological polar surface area (TPSA) is 26.3 Å². The molecule has 96 valence electrons. The molecule has 2 aromatic carbocycles.